The van der Waals surface area contributed by atoms with Crippen LogP contribution in [0.3, 0.4) is 0 Å². The van der Waals surface area contributed by atoms with Crippen LogP contribution in [-0.2, 0) is 15.1 Å². The third-order valence-corrected chi connectivity index (χ3v) is 5.99. The van der Waals surface area contributed by atoms with Crippen molar-refractivity contribution >= 4 is 29.4 Å². The molecule has 0 radical (unpaired) electrons. The van der Waals surface area contributed by atoms with E-state index in [1.54, 1.807) is 48.2 Å². The molecule has 8 nitrogen and oxygen atoms in total. The van der Waals surface area contributed by atoms with Crippen LogP contribution < -0.4 is 10.6 Å². The maximum atomic E-state index is 13.0. The summed E-state index contributed by atoms with van der Waals surface area (Å²) in [6.07, 6.45) is 1.99. The molecule has 1 atom stereocenters. The SMILES string of the molecule is Cc1ccc(C2(C)NC(=O)N(CC(=O)Nc3cccc(C(=O)N4CCCC4)c3)C2=O)cc1. The summed E-state index contributed by atoms with van der Waals surface area (Å²) in [5.74, 6) is -1.08. The third-order valence-electron chi connectivity index (χ3n) is 5.99. The minimum absolute atomic E-state index is 0.0680. The first-order chi connectivity index (χ1) is 15.3. The Balaban J connectivity index is 1.43. The topological polar surface area (TPSA) is 98.8 Å². The van der Waals surface area contributed by atoms with Crippen LogP contribution in [0.4, 0.5) is 10.5 Å². The van der Waals surface area contributed by atoms with Gasteiger partial charge in [0.15, 0.2) is 0 Å². The molecule has 2 fully saturated rings. The van der Waals surface area contributed by atoms with Gasteiger partial charge in [-0.15, -0.1) is 0 Å². The molecule has 2 aromatic rings. The molecule has 2 heterocycles. The van der Waals surface area contributed by atoms with Gasteiger partial charge in [-0.1, -0.05) is 35.9 Å². The van der Waals surface area contributed by atoms with Gasteiger partial charge in [0.05, 0.1) is 0 Å². The molecule has 0 spiro atoms. The zero-order chi connectivity index (χ0) is 22.9. The molecular weight excluding hydrogens is 408 g/mol. The Hall–Kier alpha value is -3.68. The molecule has 2 aliphatic rings. The zero-order valence-electron chi connectivity index (χ0n) is 18.2. The third kappa shape index (κ3) is 4.08. The van der Waals surface area contributed by atoms with Crippen LogP contribution in [0.1, 0.15) is 41.3 Å². The first-order valence-electron chi connectivity index (χ1n) is 10.7. The van der Waals surface area contributed by atoms with Gasteiger partial charge in [0, 0.05) is 24.3 Å². The van der Waals surface area contributed by atoms with Crippen molar-refractivity contribution < 1.29 is 19.2 Å². The van der Waals surface area contributed by atoms with Gasteiger partial charge >= 0.3 is 6.03 Å². The number of amides is 5. The monoisotopic (exact) mass is 434 g/mol. The molecule has 32 heavy (non-hydrogen) atoms. The molecule has 4 rings (SSSR count). The number of benzene rings is 2. The van der Waals surface area contributed by atoms with Gasteiger partial charge in [0.25, 0.3) is 11.8 Å². The second-order valence-electron chi connectivity index (χ2n) is 8.44. The highest BCUT2D eigenvalue weighted by molar-refractivity contribution is 6.10. The fourth-order valence-electron chi connectivity index (χ4n) is 4.10. The van der Waals surface area contributed by atoms with E-state index in [9.17, 15) is 19.2 Å². The molecule has 166 valence electrons. The number of hydrogen-bond donors (Lipinski definition) is 2. The van der Waals surface area contributed by atoms with E-state index < -0.39 is 29.9 Å². The largest absolute Gasteiger partial charge is 0.339 e. The van der Waals surface area contributed by atoms with Crippen LogP contribution in [0.2, 0.25) is 0 Å². The summed E-state index contributed by atoms with van der Waals surface area (Å²) in [5.41, 5.74) is 1.39. The lowest BCUT2D eigenvalue weighted by molar-refractivity contribution is -0.133. The molecule has 1 unspecified atom stereocenters. The van der Waals surface area contributed by atoms with Gasteiger partial charge in [-0.2, -0.15) is 0 Å². The summed E-state index contributed by atoms with van der Waals surface area (Å²) in [5, 5.41) is 5.38. The van der Waals surface area contributed by atoms with E-state index in [1.807, 2.05) is 19.1 Å². The van der Waals surface area contributed by atoms with Crippen molar-refractivity contribution in [2.24, 2.45) is 0 Å². The van der Waals surface area contributed by atoms with Crippen LogP contribution in [-0.4, -0.2) is 53.2 Å². The average Bonchev–Trinajstić information content (AvgIpc) is 3.38. The highest BCUT2D eigenvalue weighted by Crippen LogP contribution is 2.29. The zero-order valence-corrected chi connectivity index (χ0v) is 18.2. The maximum Gasteiger partial charge on any atom is 0.325 e. The molecule has 2 aromatic carbocycles. The smallest absolute Gasteiger partial charge is 0.325 e. The van der Waals surface area contributed by atoms with Crippen molar-refractivity contribution in [3.63, 3.8) is 0 Å². The van der Waals surface area contributed by atoms with Gasteiger partial charge < -0.3 is 15.5 Å². The number of aryl methyl sites for hydroxylation is 1. The fraction of sp³-hybridized carbons (Fsp3) is 0.333. The minimum Gasteiger partial charge on any atom is -0.339 e. The van der Waals surface area contributed by atoms with Crippen molar-refractivity contribution in [3.05, 3.63) is 65.2 Å². The van der Waals surface area contributed by atoms with Crippen molar-refractivity contribution in [2.75, 3.05) is 25.0 Å². The number of likely N-dealkylation sites (tertiary alicyclic amines) is 1. The number of urea groups is 1. The standard InChI is InChI=1S/C24H26N4O4/c1-16-8-10-18(11-9-16)24(2)22(31)28(23(32)26-24)15-20(29)25-19-7-5-6-17(14-19)21(30)27-12-3-4-13-27/h5-11,14H,3-4,12-13,15H2,1-2H3,(H,25,29)(H,26,32). The lowest BCUT2D eigenvalue weighted by Gasteiger charge is -2.22. The van der Waals surface area contributed by atoms with E-state index in [4.69, 9.17) is 0 Å². The Bertz CT molecular complexity index is 1080. The first kappa shape index (κ1) is 21.5. The Kier molecular flexibility index (Phi) is 5.69. The van der Waals surface area contributed by atoms with Crippen molar-refractivity contribution in [2.45, 2.75) is 32.2 Å². The number of anilines is 1. The molecule has 0 bridgehead atoms. The molecular formula is C24H26N4O4. The molecule has 2 saturated heterocycles. The van der Waals surface area contributed by atoms with Gasteiger partial charge in [-0.3, -0.25) is 19.3 Å². The quantitative estimate of drug-likeness (QED) is 0.707. The number of rotatable bonds is 5. The molecule has 5 amide bonds. The first-order valence-corrected chi connectivity index (χ1v) is 10.7. The van der Waals surface area contributed by atoms with Crippen LogP contribution in [0.5, 0.6) is 0 Å². The molecule has 0 aromatic heterocycles. The average molecular weight is 434 g/mol. The number of nitrogens with one attached hydrogen (secondary N) is 2. The second kappa shape index (κ2) is 8.45. The Morgan fingerprint density at radius 2 is 1.75 bits per heavy atom. The normalized spacial score (nSPS) is 20.4. The summed E-state index contributed by atoms with van der Waals surface area (Å²) in [7, 11) is 0. The summed E-state index contributed by atoms with van der Waals surface area (Å²) >= 11 is 0. The minimum atomic E-state index is -1.23. The molecule has 0 aliphatic carbocycles. The number of carbonyl (C=O) groups excluding carboxylic acids is 4. The lowest BCUT2D eigenvalue weighted by atomic mass is 9.91. The predicted molar refractivity (Wildman–Crippen MR) is 119 cm³/mol. The predicted octanol–water partition coefficient (Wildman–Crippen LogP) is 2.64. The number of imide groups is 1. The van der Waals surface area contributed by atoms with Crippen molar-refractivity contribution in [3.8, 4) is 0 Å². The van der Waals surface area contributed by atoms with Gasteiger partial charge in [-0.05, 0) is 50.5 Å². The highest BCUT2D eigenvalue weighted by atomic mass is 16.2. The molecule has 2 aliphatic heterocycles. The summed E-state index contributed by atoms with van der Waals surface area (Å²) in [4.78, 5) is 53.4. The van der Waals surface area contributed by atoms with Gasteiger partial charge in [0.2, 0.25) is 5.91 Å². The van der Waals surface area contributed by atoms with Crippen LogP contribution in [0.25, 0.3) is 0 Å². The van der Waals surface area contributed by atoms with Crippen molar-refractivity contribution in [1.29, 1.82) is 0 Å². The Morgan fingerprint density at radius 3 is 2.44 bits per heavy atom. The van der Waals surface area contributed by atoms with Crippen molar-refractivity contribution in [1.82, 2.24) is 15.1 Å². The van der Waals surface area contributed by atoms with E-state index in [1.165, 1.54) is 0 Å². The van der Waals surface area contributed by atoms with Crippen LogP contribution >= 0.6 is 0 Å². The van der Waals surface area contributed by atoms with E-state index >= 15 is 0 Å². The van der Waals surface area contributed by atoms with E-state index in [-0.39, 0.29) is 5.91 Å². The molecule has 0 saturated carbocycles. The van der Waals surface area contributed by atoms with E-state index in [2.05, 4.69) is 10.6 Å². The fourth-order valence-corrected chi connectivity index (χ4v) is 4.10. The van der Waals surface area contributed by atoms with Gasteiger partial charge in [0.1, 0.15) is 12.1 Å². The highest BCUT2D eigenvalue weighted by Gasteiger charge is 2.49. The maximum absolute atomic E-state index is 13.0. The molecule has 8 heteroatoms. The van der Waals surface area contributed by atoms with Gasteiger partial charge in [-0.25, -0.2) is 4.79 Å². The number of nitrogens with zero attached hydrogens (tertiary/aromatic N) is 2. The van der Waals surface area contributed by atoms with Crippen LogP contribution in [0.15, 0.2) is 48.5 Å². The van der Waals surface area contributed by atoms with Crippen LogP contribution in [0, 0.1) is 6.92 Å². The lowest BCUT2D eigenvalue weighted by Crippen LogP contribution is -2.42. The summed E-state index contributed by atoms with van der Waals surface area (Å²) in [6.45, 7) is 4.62. The Morgan fingerprint density at radius 1 is 1.06 bits per heavy atom. The summed E-state index contributed by atoms with van der Waals surface area (Å²) in [6, 6.07) is 13.4. The Labute approximate surface area is 186 Å². The number of carbonyl (C=O) groups is 4. The second-order valence-corrected chi connectivity index (χ2v) is 8.44. The number of hydrogen-bond acceptors (Lipinski definition) is 4. The van der Waals surface area contributed by atoms with E-state index in [0.717, 1.165) is 36.4 Å². The van der Waals surface area contributed by atoms with E-state index in [0.29, 0.717) is 16.8 Å². The molecule has 2 N–H and O–H groups in total. The summed E-state index contributed by atoms with van der Waals surface area (Å²) < 4.78 is 0.